The van der Waals surface area contributed by atoms with Gasteiger partial charge in [0.2, 0.25) is 0 Å². The van der Waals surface area contributed by atoms with E-state index >= 15 is 0 Å². The molecule has 6 rings (SSSR count). The first-order valence-electron chi connectivity index (χ1n) is 11.3. The van der Waals surface area contributed by atoms with Crippen LogP contribution in [-0.4, -0.2) is 39.6 Å². The van der Waals surface area contributed by atoms with Gasteiger partial charge in [-0.1, -0.05) is 72.8 Å². The summed E-state index contributed by atoms with van der Waals surface area (Å²) < 4.78 is 0. The van der Waals surface area contributed by atoms with E-state index in [1.807, 2.05) is 28.2 Å². The maximum Gasteiger partial charge on any atom is 2.00 e. The van der Waals surface area contributed by atoms with Gasteiger partial charge < -0.3 is 10.6 Å². The molecular weight excluding hydrogens is 475 g/mol. The van der Waals surface area contributed by atoms with Crippen molar-refractivity contribution in [1.29, 1.82) is 0 Å². The topological polar surface area (TPSA) is 52.9 Å². The number of hydrogen-bond donors (Lipinski definition) is 0. The maximum atomic E-state index is 4.35. The molecule has 0 saturated carbocycles. The average molecular weight is 501 g/mol. The molecule has 4 nitrogen and oxygen atoms in total. The number of hydrogen-bond acceptors (Lipinski definition) is 2. The first kappa shape index (κ1) is 24.4. The molecule has 0 N–H and O–H groups in total. The summed E-state index contributed by atoms with van der Waals surface area (Å²) in [5.41, 5.74) is 8.84. The smallest absolute Gasteiger partial charge is 0.686 e. The first-order valence-corrected chi connectivity index (χ1v) is 11.3. The summed E-state index contributed by atoms with van der Waals surface area (Å²) in [7, 11) is 7.30. The van der Waals surface area contributed by atoms with Gasteiger partial charge in [0.15, 0.2) is 0 Å². The Hall–Kier alpha value is -3.69. The van der Waals surface area contributed by atoms with E-state index in [-0.39, 0.29) is 16.5 Å². The van der Waals surface area contributed by atoms with Gasteiger partial charge >= 0.3 is 16.5 Å². The summed E-state index contributed by atoms with van der Waals surface area (Å²) in [4.78, 5) is 8.70. The monoisotopic (exact) mass is 500 g/mol. The number of benzene rings is 4. The molecule has 4 aromatic rings. The Balaban J connectivity index is 0.000000160. The Kier molecular flexibility index (Phi) is 7.18. The van der Waals surface area contributed by atoms with E-state index < -0.39 is 0 Å². The second-order valence-corrected chi connectivity index (χ2v) is 8.14. The quantitative estimate of drug-likeness (QED) is 0.252. The van der Waals surface area contributed by atoms with Crippen molar-refractivity contribution < 1.29 is 16.5 Å². The zero-order valence-corrected chi connectivity index (χ0v) is 21.2. The minimum absolute atomic E-state index is 0. The molecule has 0 radical (unpaired) electrons. The molecule has 2 aliphatic rings. The van der Waals surface area contributed by atoms with Gasteiger partial charge in [-0.25, -0.2) is 0 Å². The summed E-state index contributed by atoms with van der Waals surface area (Å²) in [5.74, 6) is 0. The fourth-order valence-corrected chi connectivity index (χ4v) is 4.84. The number of allylic oxidation sites excluding steroid dienone is 2. The summed E-state index contributed by atoms with van der Waals surface area (Å²) >= 11 is 0. The summed E-state index contributed by atoms with van der Waals surface area (Å²) in [6.07, 6.45) is 8.37. The largest absolute Gasteiger partial charge is 2.00 e. The van der Waals surface area contributed by atoms with Crippen LogP contribution in [0, 0.1) is 0 Å². The SMILES string of the molecule is CN=C1C=Cc2cccc3ccc([N-]C)c1c23.CN=C1C=Cc2cccc3ccc([N-]C)c1c23.[Ni+2]. The Morgan fingerprint density at radius 1 is 0.543 bits per heavy atom. The second kappa shape index (κ2) is 10.3. The van der Waals surface area contributed by atoms with Crippen LogP contribution in [0.4, 0.5) is 11.4 Å². The number of rotatable bonds is 2. The molecule has 0 aromatic heterocycles. The van der Waals surface area contributed by atoms with Crippen molar-refractivity contribution in [2.75, 3.05) is 28.2 Å². The molecule has 2 aliphatic carbocycles. The molecule has 5 heteroatoms. The summed E-state index contributed by atoms with van der Waals surface area (Å²) in [6.45, 7) is 0. The zero-order valence-electron chi connectivity index (χ0n) is 20.2. The fraction of sp³-hybridized carbons (Fsp3) is 0.133. The second-order valence-electron chi connectivity index (χ2n) is 8.14. The van der Waals surface area contributed by atoms with E-state index in [4.69, 9.17) is 0 Å². The van der Waals surface area contributed by atoms with Crippen molar-refractivity contribution >= 4 is 56.5 Å². The van der Waals surface area contributed by atoms with Crippen LogP contribution in [0.3, 0.4) is 0 Å². The van der Waals surface area contributed by atoms with Crippen molar-refractivity contribution in [3.63, 3.8) is 0 Å². The van der Waals surface area contributed by atoms with Gasteiger partial charge in [0, 0.05) is 14.1 Å². The van der Waals surface area contributed by atoms with Gasteiger partial charge in [0.25, 0.3) is 0 Å². The van der Waals surface area contributed by atoms with Crippen LogP contribution in [0.1, 0.15) is 22.3 Å². The van der Waals surface area contributed by atoms with E-state index in [2.05, 4.69) is 106 Å². The van der Waals surface area contributed by atoms with Crippen LogP contribution in [0.2, 0.25) is 0 Å². The molecule has 35 heavy (non-hydrogen) atoms. The van der Waals surface area contributed by atoms with Crippen LogP contribution in [0.15, 0.2) is 82.8 Å². The summed E-state index contributed by atoms with van der Waals surface area (Å²) in [5, 5.41) is 13.7. The van der Waals surface area contributed by atoms with Gasteiger partial charge in [0.05, 0.1) is 11.4 Å². The molecule has 0 aliphatic heterocycles. The van der Waals surface area contributed by atoms with Crippen molar-refractivity contribution in [1.82, 2.24) is 0 Å². The Morgan fingerprint density at radius 2 is 0.971 bits per heavy atom. The normalized spacial score (nSPS) is 15.1. The molecule has 0 fully saturated rings. The van der Waals surface area contributed by atoms with Gasteiger partial charge in [0.1, 0.15) is 0 Å². The van der Waals surface area contributed by atoms with Gasteiger partial charge in [-0.2, -0.15) is 0 Å². The van der Waals surface area contributed by atoms with Crippen molar-refractivity contribution in [2.24, 2.45) is 9.98 Å². The minimum atomic E-state index is 0. The minimum Gasteiger partial charge on any atom is -0.686 e. The number of nitrogens with zero attached hydrogens (tertiary/aromatic N) is 4. The Bertz CT molecular complexity index is 1430. The third kappa shape index (κ3) is 4.17. The first-order chi connectivity index (χ1) is 16.7. The van der Waals surface area contributed by atoms with E-state index in [0.29, 0.717) is 0 Å². The third-order valence-corrected chi connectivity index (χ3v) is 6.43. The molecule has 0 amide bonds. The molecule has 0 bridgehead atoms. The van der Waals surface area contributed by atoms with Crippen molar-refractivity contribution in [3.8, 4) is 0 Å². The van der Waals surface area contributed by atoms with Crippen LogP contribution in [0.5, 0.6) is 0 Å². The molecule has 0 saturated heterocycles. The fourth-order valence-electron chi connectivity index (χ4n) is 4.84. The van der Waals surface area contributed by atoms with E-state index in [1.54, 1.807) is 0 Å². The molecule has 0 spiro atoms. The Morgan fingerprint density at radius 3 is 1.34 bits per heavy atom. The molecule has 176 valence electrons. The van der Waals surface area contributed by atoms with Crippen LogP contribution in [-0.2, 0) is 16.5 Å². The predicted octanol–water partition coefficient (Wildman–Crippen LogP) is 7.84. The van der Waals surface area contributed by atoms with Crippen LogP contribution in [0.25, 0.3) is 44.3 Å². The molecule has 0 unspecified atom stereocenters. The summed E-state index contributed by atoms with van der Waals surface area (Å²) in [6, 6.07) is 21.1. The van der Waals surface area contributed by atoms with E-state index in [9.17, 15) is 0 Å². The van der Waals surface area contributed by atoms with Crippen LogP contribution < -0.4 is 0 Å². The standard InChI is InChI=1S/2C15H13N2.Ni/c2*1-16-12-8-6-10-4-3-5-11-7-9-13(17-2)15(12)14(10)11;/h2*3-9H,1-2H3;/q2*-1;+2. The zero-order chi connectivity index (χ0) is 23.7. The van der Waals surface area contributed by atoms with E-state index in [0.717, 1.165) is 33.9 Å². The molecule has 4 aromatic carbocycles. The molecular formula is C30H26N4Ni. The number of aliphatic imine (C=N–C) groups is 2. The molecule has 0 heterocycles. The van der Waals surface area contributed by atoms with Crippen molar-refractivity contribution in [3.05, 3.63) is 106 Å². The Labute approximate surface area is 216 Å². The van der Waals surface area contributed by atoms with Gasteiger partial charge in [-0.15, -0.1) is 25.5 Å². The van der Waals surface area contributed by atoms with E-state index in [1.165, 1.54) is 32.7 Å². The average Bonchev–Trinajstić information content (AvgIpc) is 2.90. The van der Waals surface area contributed by atoms with Gasteiger partial charge in [-0.3, -0.25) is 9.98 Å². The van der Waals surface area contributed by atoms with Gasteiger partial charge in [-0.05, 0) is 56.0 Å². The maximum absolute atomic E-state index is 4.35. The molecule has 0 atom stereocenters. The van der Waals surface area contributed by atoms with Crippen molar-refractivity contribution in [2.45, 2.75) is 0 Å². The predicted molar refractivity (Wildman–Crippen MR) is 149 cm³/mol. The van der Waals surface area contributed by atoms with Crippen LogP contribution >= 0.6 is 0 Å². The third-order valence-electron chi connectivity index (χ3n) is 6.43.